The average Bonchev–Trinajstić information content (AvgIpc) is 3.39. The number of fused-ring (bicyclic) bond motifs is 1. The van der Waals surface area contributed by atoms with Crippen molar-refractivity contribution in [3.8, 4) is 28.4 Å². The zero-order chi connectivity index (χ0) is 27.6. The lowest BCUT2D eigenvalue weighted by molar-refractivity contribution is -0.141. The standard InChI is InChI=1S/C29H26F3N5O2/c1-18(34-16-22-9-10-23(38-2)15-26(22)39-3)24-13-20(11-12-33-24)19-7-8-21-17-35-37(25(21)14-19)28-6-4-5-27(36-28)29(30,31)32/h4-15,17-18,34H,16H2,1-3H3. The fourth-order valence-electron chi connectivity index (χ4n) is 4.31. The summed E-state index contributed by atoms with van der Waals surface area (Å²) in [5, 5.41) is 8.56. The van der Waals surface area contributed by atoms with Crippen LogP contribution in [0.3, 0.4) is 0 Å². The lowest BCUT2D eigenvalue weighted by atomic mass is 10.0. The van der Waals surface area contributed by atoms with Crippen LogP contribution in [0.5, 0.6) is 11.5 Å². The molecule has 1 N–H and O–H groups in total. The van der Waals surface area contributed by atoms with Crippen molar-refractivity contribution < 1.29 is 22.6 Å². The third kappa shape index (κ3) is 5.56. The number of halogens is 3. The molecule has 0 fully saturated rings. The SMILES string of the molecule is COc1ccc(CNC(C)c2cc(-c3ccc4cnn(-c5cccc(C(F)(F)F)n5)c4c3)ccn2)c(OC)c1. The van der Waals surface area contributed by atoms with Gasteiger partial charge in [-0.3, -0.25) is 4.98 Å². The van der Waals surface area contributed by atoms with Gasteiger partial charge >= 0.3 is 6.18 Å². The molecule has 0 saturated carbocycles. The minimum atomic E-state index is -4.54. The highest BCUT2D eigenvalue weighted by Gasteiger charge is 2.32. The van der Waals surface area contributed by atoms with Gasteiger partial charge in [-0.2, -0.15) is 18.3 Å². The summed E-state index contributed by atoms with van der Waals surface area (Å²) in [4.78, 5) is 8.33. The molecule has 3 heterocycles. The second-order valence-corrected chi connectivity index (χ2v) is 8.96. The van der Waals surface area contributed by atoms with Crippen molar-refractivity contribution in [3.63, 3.8) is 0 Å². The second-order valence-electron chi connectivity index (χ2n) is 8.96. The first kappa shape index (κ1) is 26.2. The van der Waals surface area contributed by atoms with Crippen molar-refractivity contribution in [1.82, 2.24) is 25.1 Å². The van der Waals surface area contributed by atoms with Crippen LogP contribution in [-0.2, 0) is 12.7 Å². The lowest BCUT2D eigenvalue weighted by Gasteiger charge is -2.16. The molecule has 1 unspecified atom stereocenters. The number of hydrogen-bond donors (Lipinski definition) is 1. The maximum Gasteiger partial charge on any atom is 0.433 e. The minimum Gasteiger partial charge on any atom is -0.497 e. The molecule has 3 aromatic heterocycles. The van der Waals surface area contributed by atoms with Gasteiger partial charge in [0.15, 0.2) is 5.82 Å². The van der Waals surface area contributed by atoms with E-state index in [1.165, 1.54) is 16.8 Å². The summed E-state index contributed by atoms with van der Waals surface area (Å²) in [5.41, 5.74) is 3.31. The van der Waals surface area contributed by atoms with Crippen LogP contribution in [0.1, 0.15) is 29.9 Å². The smallest absolute Gasteiger partial charge is 0.433 e. The molecule has 1 atom stereocenters. The summed E-state index contributed by atoms with van der Waals surface area (Å²) in [6, 6.07) is 19.0. The number of hydrogen-bond acceptors (Lipinski definition) is 6. The molecule has 0 aliphatic rings. The van der Waals surface area contributed by atoms with Gasteiger partial charge in [-0.05, 0) is 54.4 Å². The molecule has 200 valence electrons. The van der Waals surface area contributed by atoms with Crippen molar-refractivity contribution in [2.45, 2.75) is 25.7 Å². The Kier molecular flexibility index (Phi) is 7.21. The van der Waals surface area contributed by atoms with Gasteiger partial charge in [-0.15, -0.1) is 0 Å². The van der Waals surface area contributed by atoms with Crippen molar-refractivity contribution in [3.05, 3.63) is 96.1 Å². The molecule has 0 radical (unpaired) electrons. The summed E-state index contributed by atoms with van der Waals surface area (Å²) in [6.07, 6.45) is -1.19. The van der Waals surface area contributed by atoms with Crippen LogP contribution < -0.4 is 14.8 Å². The molecule has 5 rings (SSSR count). The summed E-state index contributed by atoms with van der Waals surface area (Å²) in [5.74, 6) is 1.55. The zero-order valence-corrected chi connectivity index (χ0v) is 21.5. The number of pyridine rings is 2. The molecule has 0 saturated heterocycles. The Morgan fingerprint density at radius 1 is 0.949 bits per heavy atom. The third-order valence-corrected chi connectivity index (χ3v) is 6.46. The predicted molar refractivity (Wildman–Crippen MR) is 142 cm³/mol. The molecule has 0 aliphatic carbocycles. The van der Waals surface area contributed by atoms with E-state index in [4.69, 9.17) is 9.47 Å². The van der Waals surface area contributed by atoms with E-state index in [1.54, 1.807) is 26.6 Å². The molecule has 0 bridgehead atoms. The van der Waals surface area contributed by atoms with E-state index in [0.717, 1.165) is 45.3 Å². The van der Waals surface area contributed by atoms with Crippen LogP contribution in [-0.4, -0.2) is 34.0 Å². The number of nitrogens with one attached hydrogen (secondary N) is 1. The number of rotatable bonds is 8. The van der Waals surface area contributed by atoms with Crippen LogP contribution in [0.15, 0.2) is 79.1 Å². The largest absolute Gasteiger partial charge is 0.497 e. The summed E-state index contributed by atoms with van der Waals surface area (Å²) in [7, 11) is 3.24. The molecule has 0 aliphatic heterocycles. The van der Waals surface area contributed by atoms with Gasteiger partial charge in [0.1, 0.15) is 17.2 Å². The van der Waals surface area contributed by atoms with Gasteiger partial charge in [-0.25, -0.2) is 9.67 Å². The molecule has 0 amide bonds. The highest BCUT2D eigenvalue weighted by atomic mass is 19.4. The maximum absolute atomic E-state index is 13.2. The highest BCUT2D eigenvalue weighted by molar-refractivity contribution is 5.85. The minimum absolute atomic E-state index is 0.0691. The summed E-state index contributed by atoms with van der Waals surface area (Å²) in [6.45, 7) is 2.59. The van der Waals surface area contributed by atoms with E-state index < -0.39 is 11.9 Å². The summed E-state index contributed by atoms with van der Waals surface area (Å²) >= 11 is 0. The van der Waals surface area contributed by atoms with E-state index in [2.05, 4.69) is 20.4 Å². The quantitative estimate of drug-likeness (QED) is 0.250. The monoisotopic (exact) mass is 533 g/mol. The van der Waals surface area contributed by atoms with E-state index in [9.17, 15) is 13.2 Å². The summed E-state index contributed by atoms with van der Waals surface area (Å²) < 4.78 is 51.8. The lowest BCUT2D eigenvalue weighted by Crippen LogP contribution is -2.19. The number of ether oxygens (including phenoxy) is 2. The van der Waals surface area contributed by atoms with E-state index in [-0.39, 0.29) is 11.9 Å². The van der Waals surface area contributed by atoms with Crippen LogP contribution >= 0.6 is 0 Å². The van der Waals surface area contributed by atoms with E-state index in [0.29, 0.717) is 12.1 Å². The van der Waals surface area contributed by atoms with Crippen molar-refractivity contribution in [2.24, 2.45) is 0 Å². The van der Waals surface area contributed by atoms with Gasteiger partial charge in [0.25, 0.3) is 0 Å². The Morgan fingerprint density at radius 3 is 2.54 bits per heavy atom. The van der Waals surface area contributed by atoms with Gasteiger partial charge in [0, 0.05) is 35.8 Å². The first-order valence-electron chi connectivity index (χ1n) is 12.2. The van der Waals surface area contributed by atoms with Gasteiger partial charge in [-0.1, -0.05) is 24.3 Å². The molecule has 2 aromatic carbocycles. The zero-order valence-electron chi connectivity index (χ0n) is 21.5. The Bertz CT molecular complexity index is 1620. The fraction of sp³-hybridized carbons (Fsp3) is 0.207. The maximum atomic E-state index is 13.2. The number of aromatic nitrogens is 4. The van der Waals surface area contributed by atoms with Crippen LogP contribution in [0.25, 0.3) is 27.8 Å². The van der Waals surface area contributed by atoms with E-state index in [1.807, 2.05) is 55.5 Å². The normalized spacial score (nSPS) is 12.5. The molecule has 0 spiro atoms. The number of alkyl halides is 3. The Morgan fingerprint density at radius 2 is 1.77 bits per heavy atom. The van der Waals surface area contributed by atoms with Crippen molar-refractivity contribution >= 4 is 10.9 Å². The van der Waals surface area contributed by atoms with Gasteiger partial charge < -0.3 is 14.8 Å². The fourth-order valence-corrected chi connectivity index (χ4v) is 4.31. The Balaban J connectivity index is 1.40. The number of nitrogens with zero attached hydrogens (tertiary/aromatic N) is 4. The van der Waals surface area contributed by atoms with Gasteiger partial charge in [0.05, 0.1) is 31.6 Å². The molecular formula is C29H26F3N5O2. The first-order valence-corrected chi connectivity index (χ1v) is 12.2. The molecule has 7 nitrogen and oxygen atoms in total. The van der Waals surface area contributed by atoms with Crippen molar-refractivity contribution in [1.29, 1.82) is 0 Å². The Labute approximate surface area is 223 Å². The first-order chi connectivity index (χ1) is 18.8. The Hall–Kier alpha value is -4.44. The topological polar surface area (TPSA) is 74.1 Å². The molecule has 10 heteroatoms. The number of benzene rings is 2. The van der Waals surface area contributed by atoms with Crippen molar-refractivity contribution in [2.75, 3.05) is 14.2 Å². The predicted octanol–water partition coefficient (Wildman–Crippen LogP) is 6.37. The number of methoxy groups -OCH3 is 2. The molecular weight excluding hydrogens is 507 g/mol. The van der Waals surface area contributed by atoms with Crippen LogP contribution in [0.2, 0.25) is 0 Å². The van der Waals surface area contributed by atoms with Crippen LogP contribution in [0.4, 0.5) is 13.2 Å². The van der Waals surface area contributed by atoms with Crippen LogP contribution in [0, 0.1) is 0 Å². The van der Waals surface area contributed by atoms with E-state index >= 15 is 0 Å². The molecule has 39 heavy (non-hydrogen) atoms. The second kappa shape index (κ2) is 10.7. The van der Waals surface area contributed by atoms with Gasteiger partial charge in [0.2, 0.25) is 0 Å². The molecule has 5 aromatic rings. The average molecular weight is 534 g/mol. The third-order valence-electron chi connectivity index (χ3n) is 6.46. The highest BCUT2D eigenvalue weighted by Crippen LogP contribution is 2.30.